The fraction of sp³-hybridized carbons (Fsp3) is 0.333. The lowest BCUT2D eigenvalue weighted by Crippen LogP contribution is -2.31. The van der Waals surface area contributed by atoms with Gasteiger partial charge in [-0.2, -0.15) is 0 Å². The maximum absolute atomic E-state index is 5.09. The summed E-state index contributed by atoms with van der Waals surface area (Å²) < 4.78 is 2.64. The van der Waals surface area contributed by atoms with Crippen LogP contribution in [0.2, 0.25) is 0 Å². The minimum atomic E-state index is 0.566. The summed E-state index contributed by atoms with van der Waals surface area (Å²) in [7, 11) is 0. The minimum Gasteiger partial charge on any atom is -0.334 e. The molecule has 0 unspecified atom stereocenters. The molecule has 0 aromatic carbocycles. The van der Waals surface area contributed by atoms with E-state index in [-0.39, 0.29) is 0 Å². The average Bonchev–Trinajstić information content (AvgIpc) is 2.83. The van der Waals surface area contributed by atoms with Crippen molar-refractivity contribution < 1.29 is 0 Å². The van der Waals surface area contributed by atoms with E-state index in [1.54, 1.807) is 6.20 Å². The first-order valence-corrected chi connectivity index (χ1v) is 7.69. The first-order chi connectivity index (χ1) is 10.7. The molecule has 4 rings (SSSR count). The molecule has 0 saturated heterocycles. The molecule has 112 valence electrons. The van der Waals surface area contributed by atoms with Gasteiger partial charge in [0, 0.05) is 55.9 Å². The number of H-pyrrole nitrogens is 1. The molecule has 0 radical (unpaired) electrons. The number of aromatic nitrogens is 5. The van der Waals surface area contributed by atoms with E-state index >= 15 is 0 Å². The third-order valence-electron chi connectivity index (χ3n) is 4.13. The molecule has 0 bridgehead atoms. The van der Waals surface area contributed by atoms with Crippen molar-refractivity contribution in [1.82, 2.24) is 29.2 Å². The first-order valence-electron chi connectivity index (χ1n) is 7.29. The molecule has 22 heavy (non-hydrogen) atoms. The Kier molecular flexibility index (Phi) is 3.24. The summed E-state index contributed by atoms with van der Waals surface area (Å²) in [5.74, 6) is 0.762. The molecule has 0 spiro atoms. The summed E-state index contributed by atoms with van der Waals surface area (Å²) in [5.41, 5.74) is 4.68. The highest BCUT2D eigenvalue weighted by Crippen LogP contribution is 2.20. The Morgan fingerprint density at radius 1 is 1.36 bits per heavy atom. The van der Waals surface area contributed by atoms with E-state index in [0.29, 0.717) is 4.77 Å². The number of nitrogens with one attached hydrogen (secondary N) is 1. The van der Waals surface area contributed by atoms with Crippen molar-refractivity contribution in [3.05, 3.63) is 52.1 Å². The molecule has 0 atom stereocenters. The number of hydrogen-bond acceptors (Lipinski definition) is 5. The second-order valence-electron chi connectivity index (χ2n) is 5.59. The maximum Gasteiger partial charge on any atom is 0.234 e. The Labute approximate surface area is 132 Å². The highest BCUT2D eigenvalue weighted by atomic mass is 32.1. The zero-order chi connectivity index (χ0) is 15.1. The molecule has 0 aliphatic carbocycles. The van der Waals surface area contributed by atoms with Crippen LogP contribution in [0.25, 0.3) is 5.78 Å². The third-order valence-corrected chi connectivity index (χ3v) is 4.34. The van der Waals surface area contributed by atoms with Gasteiger partial charge < -0.3 is 4.98 Å². The van der Waals surface area contributed by atoms with Crippen LogP contribution in [0, 0.1) is 11.7 Å². The van der Waals surface area contributed by atoms with Crippen molar-refractivity contribution in [3.8, 4) is 0 Å². The molecular weight excluding hydrogens is 296 g/mol. The number of aryl methyl sites for hydroxylation is 1. The van der Waals surface area contributed by atoms with Crippen molar-refractivity contribution in [1.29, 1.82) is 0 Å². The normalized spacial score (nSPS) is 15.1. The van der Waals surface area contributed by atoms with Crippen LogP contribution in [0.1, 0.15) is 22.6 Å². The molecule has 1 aliphatic rings. The molecule has 6 nitrogen and oxygen atoms in total. The van der Waals surface area contributed by atoms with E-state index in [2.05, 4.69) is 29.2 Å². The summed E-state index contributed by atoms with van der Waals surface area (Å²) in [6.07, 6.45) is 6.66. The van der Waals surface area contributed by atoms with Gasteiger partial charge in [-0.15, -0.1) is 0 Å². The fourth-order valence-electron chi connectivity index (χ4n) is 2.99. The van der Waals surface area contributed by atoms with Crippen LogP contribution in [0.4, 0.5) is 0 Å². The van der Waals surface area contributed by atoms with Crippen LogP contribution < -0.4 is 0 Å². The van der Waals surface area contributed by atoms with Crippen molar-refractivity contribution in [2.75, 3.05) is 6.54 Å². The van der Waals surface area contributed by atoms with Gasteiger partial charge in [0.2, 0.25) is 5.78 Å². The smallest absolute Gasteiger partial charge is 0.234 e. The largest absolute Gasteiger partial charge is 0.334 e. The van der Waals surface area contributed by atoms with Gasteiger partial charge in [0.05, 0.1) is 11.4 Å². The molecule has 3 aromatic rings. The molecule has 1 aliphatic heterocycles. The Morgan fingerprint density at radius 2 is 2.27 bits per heavy atom. The van der Waals surface area contributed by atoms with Crippen LogP contribution in [0.15, 0.2) is 24.7 Å². The lowest BCUT2D eigenvalue weighted by molar-refractivity contribution is 0.239. The molecule has 0 amide bonds. The van der Waals surface area contributed by atoms with E-state index in [0.717, 1.165) is 37.5 Å². The number of fused-ring (bicyclic) bond motifs is 2. The molecule has 3 aromatic heterocycles. The van der Waals surface area contributed by atoms with Crippen LogP contribution >= 0.6 is 12.2 Å². The Bertz CT molecular complexity index is 896. The van der Waals surface area contributed by atoms with E-state index in [9.17, 15) is 0 Å². The van der Waals surface area contributed by atoms with Crippen LogP contribution in [-0.4, -0.2) is 35.8 Å². The van der Waals surface area contributed by atoms with Gasteiger partial charge >= 0.3 is 0 Å². The van der Waals surface area contributed by atoms with E-state index in [1.807, 2.05) is 25.4 Å². The minimum absolute atomic E-state index is 0.566. The van der Waals surface area contributed by atoms with E-state index in [1.165, 1.54) is 17.0 Å². The SMILES string of the molecule is Cc1nc2ncccn2c1CN1CCc2[nH]c(=S)ncc2C1. The van der Waals surface area contributed by atoms with Crippen LogP contribution in [0.5, 0.6) is 0 Å². The highest BCUT2D eigenvalue weighted by molar-refractivity contribution is 7.71. The summed E-state index contributed by atoms with van der Waals surface area (Å²) in [6, 6.07) is 1.94. The Morgan fingerprint density at radius 3 is 3.18 bits per heavy atom. The van der Waals surface area contributed by atoms with Crippen molar-refractivity contribution in [2.45, 2.75) is 26.4 Å². The van der Waals surface area contributed by atoms with Crippen LogP contribution in [-0.2, 0) is 19.5 Å². The van der Waals surface area contributed by atoms with Gasteiger partial charge in [0.1, 0.15) is 0 Å². The molecule has 7 heteroatoms. The number of hydrogen-bond donors (Lipinski definition) is 1. The zero-order valence-electron chi connectivity index (χ0n) is 12.3. The quantitative estimate of drug-likeness (QED) is 0.734. The third kappa shape index (κ3) is 2.32. The van der Waals surface area contributed by atoms with Gasteiger partial charge in [-0.1, -0.05) is 0 Å². The number of imidazole rings is 1. The lowest BCUT2D eigenvalue weighted by atomic mass is 10.1. The molecule has 0 fully saturated rings. The van der Waals surface area contributed by atoms with Gasteiger partial charge in [-0.05, 0) is 25.2 Å². The second kappa shape index (κ2) is 5.26. The number of rotatable bonds is 2. The number of aromatic amines is 1. The summed E-state index contributed by atoms with van der Waals surface area (Å²) >= 11 is 5.09. The van der Waals surface area contributed by atoms with E-state index in [4.69, 9.17) is 12.2 Å². The lowest BCUT2D eigenvalue weighted by Gasteiger charge is -2.28. The predicted molar refractivity (Wildman–Crippen MR) is 85.0 cm³/mol. The topological polar surface area (TPSA) is 62.1 Å². The molecular formula is C15H16N6S. The average molecular weight is 312 g/mol. The van der Waals surface area contributed by atoms with Gasteiger partial charge in [0.25, 0.3) is 0 Å². The van der Waals surface area contributed by atoms with Gasteiger partial charge in [-0.3, -0.25) is 9.30 Å². The van der Waals surface area contributed by atoms with Crippen molar-refractivity contribution in [2.24, 2.45) is 0 Å². The molecule has 1 N–H and O–H groups in total. The fourth-order valence-corrected chi connectivity index (χ4v) is 3.16. The Hall–Kier alpha value is -2.12. The standard InChI is InChI=1S/C15H16N6S/c1-10-13(21-5-2-4-16-14(21)18-10)9-20-6-3-12-11(8-20)7-17-15(22)19-12/h2,4-5,7H,3,6,8-9H2,1H3,(H,17,19,22). The van der Waals surface area contributed by atoms with Crippen molar-refractivity contribution >= 4 is 18.0 Å². The molecule has 0 saturated carbocycles. The van der Waals surface area contributed by atoms with E-state index < -0.39 is 0 Å². The summed E-state index contributed by atoms with van der Waals surface area (Å²) in [5, 5.41) is 0. The summed E-state index contributed by atoms with van der Waals surface area (Å²) in [6.45, 7) is 4.77. The Balaban J connectivity index is 1.63. The van der Waals surface area contributed by atoms with Crippen molar-refractivity contribution in [3.63, 3.8) is 0 Å². The van der Waals surface area contributed by atoms with Gasteiger partial charge in [0.15, 0.2) is 4.77 Å². The summed E-state index contributed by atoms with van der Waals surface area (Å²) in [4.78, 5) is 18.6. The van der Waals surface area contributed by atoms with Gasteiger partial charge in [-0.25, -0.2) is 15.0 Å². The zero-order valence-corrected chi connectivity index (χ0v) is 13.1. The van der Waals surface area contributed by atoms with Crippen LogP contribution in [0.3, 0.4) is 0 Å². The first kappa shape index (κ1) is 13.5. The maximum atomic E-state index is 5.09. The second-order valence-corrected chi connectivity index (χ2v) is 5.97. The number of nitrogens with zero attached hydrogens (tertiary/aromatic N) is 5. The highest BCUT2D eigenvalue weighted by Gasteiger charge is 2.19. The molecule has 4 heterocycles. The monoisotopic (exact) mass is 312 g/mol. The predicted octanol–water partition coefficient (Wildman–Crippen LogP) is 2.05.